The van der Waals surface area contributed by atoms with Gasteiger partial charge in [-0.1, -0.05) is 18.2 Å². The van der Waals surface area contributed by atoms with E-state index in [1.807, 2.05) is 18.4 Å². The molecule has 2 saturated heterocycles. The Morgan fingerprint density at radius 3 is 2.59 bits per heavy atom. The molecule has 1 aromatic carbocycles. The summed E-state index contributed by atoms with van der Waals surface area (Å²) in [4.78, 5) is 34.6. The molecule has 4 aliphatic rings. The highest BCUT2D eigenvalue weighted by molar-refractivity contribution is 8.00. The minimum absolute atomic E-state index is 0.235. The second-order valence-corrected chi connectivity index (χ2v) is 10.4. The molecule has 0 saturated carbocycles. The number of piperazine rings is 1. The number of allylic oxidation sites excluding steroid dienone is 2. The third-order valence-corrected chi connectivity index (χ3v) is 9.12. The molecule has 0 unspecified atom stereocenters. The highest BCUT2D eigenvalue weighted by Gasteiger charge is 2.71. The van der Waals surface area contributed by atoms with Gasteiger partial charge in [-0.3, -0.25) is 19.3 Å². The third-order valence-electron chi connectivity index (χ3n) is 6.91. The van der Waals surface area contributed by atoms with Gasteiger partial charge in [0.1, 0.15) is 17.5 Å². The van der Waals surface area contributed by atoms with Crippen LogP contribution in [0.25, 0.3) is 0 Å². The molecule has 2 fully saturated rings. The number of likely N-dealkylation sites (N-methyl/N-ethyl adjacent to an activating group) is 1. The number of aliphatic hydroxyl groups excluding tert-OH is 1. The van der Waals surface area contributed by atoms with Crippen molar-refractivity contribution in [2.75, 3.05) is 33.8 Å². The summed E-state index contributed by atoms with van der Waals surface area (Å²) in [5.74, 6) is 0.324. The first-order chi connectivity index (χ1) is 16.3. The second kappa shape index (κ2) is 8.11. The Morgan fingerprint density at radius 1 is 1.18 bits per heavy atom. The maximum absolute atomic E-state index is 14.3. The number of benzene rings is 1. The monoisotopic (exact) mass is 506 g/mol. The number of hydrogen-bond acceptors (Lipinski definition) is 9. The van der Waals surface area contributed by atoms with Crippen LogP contribution in [0, 0.1) is 0 Å². The number of carbonyl (C=O) groups is 2. The number of fused-ring (bicyclic) bond motifs is 3. The molecule has 2 amide bonds. The summed E-state index contributed by atoms with van der Waals surface area (Å²) in [6.45, 7) is 0. The van der Waals surface area contributed by atoms with E-state index in [2.05, 4.69) is 0 Å². The number of hydroxylamine groups is 2. The zero-order valence-electron chi connectivity index (χ0n) is 19.4. The number of ether oxygens (including phenoxy) is 3. The van der Waals surface area contributed by atoms with Gasteiger partial charge in [0.05, 0.1) is 14.2 Å². The summed E-state index contributed by atoms with van der Waals surface area (Å²) in [5, 5.41) is 11.1. The molecule has 1 N–H and O–H groups in total. The van der Waals surface area contributed by atoms with E-state index >= 15 is 0 Å². The number of carbonyl (C=O) groups excluding carboxylic acids is 2. The van der Waals surface area contributed by atoms with Crippen LogP contribution in [0.2, 0.25) is 0 Å². The number of aliphatic hydroxyl groups is 1. The van der Waals surface area contributed by atoms with Crippen molar-refractivity contribution in [3.05, 3.63) is 41.5 Å². The van der Waals surface area contributed by atoms with E-state index in [-0.39, 0.29) is 12.3 Å². The van der Waals surface area contributed by atoms with E-state index in [9.17, 15) is 14.7 Å². The molecule has 34 heavy (non-hydrogen) atoms. The maximum Gasteiger partial charge on any atom is 0.315 e. The molecule has 3 heterocycles. The fourth-order valence-corrected chi connectivity index (χ4v) is 7.18. The van der Waals surface area contributed by atoms with E-state index in [1.54, 1.807) is 31.5 Å². The predicted octanol–water partition coefficient (Wildman–Crippen LogP) is 2.12. The quantitative estimate of drug-likeness (QED) is 0.659. The van der Waals surface area contributed by atoms with E-state index in [0.29, 0.717) is 22.8 Å². The Morgan fingerprint density at radius 2 is 1.94 bits per heavy atom. The first-order valence-corrected chi connectivity index (χ1v) is 13.2. The summed E-state index contributed by atoms with van der Waals surface area (Å²) in [5.41, 5.74) is -0.225. The van der Waals surface area contributed by atoms with Crippen molar-refractivity contribution in [3.8, 4) is 17.2 Å². The summed E-state index contributed by atoms with van der Waals surface area (Å²) >= 11 is 2.63. The SMILES string of the molecule is COc1ccc2c(c1OC)O[C@]1(C(=O)N3O[C@@H]4C(=CC=C[C@H]4O)C[C@@]3(SC)C(=O)N1C)[C@@H]2SC. The van der Waals surface area contributed by atoms with E-state index in [1.165, 1.54) is 42.6 Å². The van der Waals surface area contributed by atoms with Crippen LogP contribution in [-0.2, 0) is 14.4 Å². The molecule has 9 nitrogen and oxygen atoms in total. The van der Waals surface area contributed by atoms with Crippen LogP contribution < -0.4 is 14.2 Å². The average molecular weight is 507 g/mol. The summed E-state index contributed by atoms with van der Waals surface area (Å²) in [6, 6.07) is 3.58. The summed E-state index contributed by atoms with van der Waals surface area (Å²) in [7, 11) is 4.60. The van der Waals surface area contributed by atoms with Crippen LogP contribution in [-0.4, -0.2) is 83.5 Å². The molecule has 0 bridgehead atoms. The van der Waals surface area contributed by atoms with Crippen LogP contribution in [0.4, 0.5) is 0 Å². The standard InChI is InChI=1S/C23H26N2O7S2/c1-24-20(27)22(34-5)11-12-7-6-8-14(26)16(12)32-25(22)21(28)23(24)19(33-4)13-9-10-15(29-2)18(30-3)17(13)31-23/h6-10,14,16,19,26H,11H2,1-5H3/t14-,16-,19-,22-,23+/m1/s1. The Labute approximate surface area is 206 Å². The number of rotatable bonds is 4. The van der Waals surface area contributed by atoms with E-state index < -0.39 is 34.0 Å². The fraction of sp³-hybridized carbons (Fsp3) is 0.478. The number of hydrogen-bond donors (Lipinski definition) is 1. The Kier molecular flexibility index (Phi) is 5.58. The molecular formula is C23H26N2O7S2. The van der Waals surface area contributed by atoms with Crippen molar-refractivity contribution in [2.24, 2.45) is 0 Å². The van der Waals surface area contributed by atoms with Gasteiger partial charge in [0.2, 0.25) is 5.75 Å². The minimum atomic E-state index is -1.70. The highest BCUT2D eigenvalue weighted by atomic mass is 32.2. The molecule has 1 aromatic rings. The molecule has 3 aliphatic heterocycles. The Hall–Kier alpha value is -2.34. The molecule has 0 aromatic heterocycles. The largest absolute Gasteiger partial charge is 0.493 e. The van der Waals surface area contributed by atoms with Gasteiger partial charge < -0.3 is 19.3 Å². The molecule has 182 valence electrons. The topological polar surface area (TPSA) is 97.8 Å². The van der Waals surface area contributed by atoms with Crippen LogP contribution >= 0.6 is 23.5 Å². The van der Waals surface area contributed by atoms with Crippen LogP contribution in [0.3, 0.4) is 0 Å². The first kappa shape index (κ1) is 23.4. The van der Waals surface area contributed by atoms with E-state index in [0.717, 1.165) is 10.6 Å². The normalized spacial score (nSPS) is 33.8. The van der Waals surface area contributed by atoms with Crippen molar-refractivity contribution in [3.63, 3.8) is 0 Å². The van der Waals surface area contributed by atoms with Gasteiger partial charge in [-0.25, -0.2) is 0 Å². The lowest BCUT2D eigenvalue weighted by Gasteiger charge is -2.57. The van der Waals surface area contributed by atoms with Gasteiger partial charge >= 0.3 is 5.91 Å². The molecule has 0 radical (unpaired) electrons. The lowest BCUT2D eigenvalue weighted by Crippen LogP contribution is -2.78. The number of nitrogens with zero attached hydrogens (tertiary/aromatic N) is 2. The first-order valence-electron chi connectivity index (χ1n) is 10.7. The lowest BCUT2D eigenvalue weighted by molar-refractivity contribution is -0.274. The molecular weight excluding hydrogens is 480 g/mol. The predicted molar refractivity (Wildman–Crippen MR) is 128 cm³/mol. The molecule has 5 rings (SSSR count). The molecule has 11 heteroatoms. The van der Waals surface area contributed by atoms with Crippen molar-refractivity contribution >= 4 is 35.3 Å². The van der Waals surface area contributed by atoms with Gasteiger partial charge in [-0.2, -0.15) is 16.8 Å². The molecule has 5 atom stereocenters. The fourth-order valence-electron chi connectivity index (χ4n) is 5.20. The van der Waals surface area contributed by atoms with Crippen molar-refractivity contribution in [1.82, 2.24) is 9.96 Å². The smallest absolute Gasteiger partial charge is 0.315 e. The lowest BCUT2D eigenvalue weighted by atomic mass is 9.88. The van der Waals surface area contributed by atoms with Gasteiger partial charge in [0.25, 0.3) is 11.6 Å². The minimum Gasteiger partial charge on any atom is -0.493 e. The van der Waals surface area contributed by atoms with Gasteiger partial charge in [0.15, 0.2) is 16.4 Å². The third kappa shape index (κ3) is 2.78. The zero-order valence-corrected chi connectivity index (χ0v) is 21.1. The average Bonchev–Trinajstić information content (AvgIpc) is 3.20. The highest BCUT2D eigenvalue weighted by Crippen LogP contribution is 2.60. The van der Waals surface area contributed by atoms with Gasteiger partial charge in [0, 0.05) is 19.0 Å². The van der Waals surface area contributed by atoms with Gasteiger partial charge in [-0.05, 0) is 30.2 Å². The van der Waals surface area contributed by atoms with Crippen molar-refractivity contribution in [2.45, 2.75) is 34.5 Å². The Bertz CT molecular complexity index is 1120. The summed E-state index contributed by atoms with van der Waals surface area (Å²) in [6.07, 6.45) is 7.35. The van der Waals surface area contributed by atoms with Crippen LogP contribution in [0.5, 0.6) is 17.2 Å². The maximum atomic E-state index is 14.3. The van der Waals surface area contributed by atoms with Crippen LogP contribution in [0.15, 0.2) is 35.9 Å². The molecule has 1 spiro atoms. The van der Waals surface area contributed by atoms with Crippen molar-refractivity contribution in [1.29, 1.82) is 0 Å². The van der Waals surface area contributed by atoms with Crippen molar-refractivity contribution < 1.29 is 33.7 Å². The Balaban J connectivity index is 1.66. The number of thioether (sulfide) groups is 2. The molecule has 1 aliphatic carbocycles. The van der Waals surface area contributed by atoms with Gasteiger partial charge in [-0.15, -0.1) is 11.8 Å². The number of amides is 2. The number of methoxy groups -OCH3 is 2. The zero-order chi connectivity index (χ0) is 24.4. The van der Waals surface area contributed by atoms with E-state index in [4.69, 9.17) is 19.0 Å². The summed E-state index contributed by atoms with van der Waals surface area (Å²) < 4.78 is 17.4. The van der Waals surface area contributed by atoms with Crippen LogP contribution in [0.1, 0.15) is 17.2 Å². The second-order valence-electron chi connectivity index (χ2n) is 8.41.